The maximum atomic E-state index is 7.18. The third-order valence-corrected chi connectivity index (χ3v) is 3.44. The van der Waals surface area contributed by atoms with Gasteiger partial charge in [-0.1, -0.05) is 17.8 Å². The second kappa shape index (κ2) is 7.24. The lowest BCUT2D eigenvalue weighted by atomic mass is 10.1. The fourth-order valence-electron chi connectivity index (χ4n) is 1.31. The molecule has 4 N–H and O–H groups in total. The van der Waals surface area contributed by atoms with Gasteiger partial charge in [-0.05, 0) is 23.3 Å². The molecule has 6 heteroatoms. The number of hydrogen-bond donors (Lipinski definition) is 3. The van der Waals surface area contributed by atoms with E-state index in [1.807, 2.05) is 12.1 Å². The molecule has 0 heterocycles. The summed E-state index contributed by atoms with van der Waals surface area (Å²) in [6.45, 7) is 0. The Hall–Kier alpha value is -1.14. The molecule has 0 bridgehead atoms. The number of nitrogens with one attached hydrogen (secondary N) is 2. The SMILES string of the molecule is COc1cc(CSC=N)cc(CSC(=N)N)c1. The van der Waals surface area contributed by atoms with Crippen LogP contribution in [0.2, 0.25) is 0 Å². The highest BCUT2D eigenvalue weighted by Gasteiger charge is 2.03. The number of hydrogen-bond acceptors (Lipinski definition) is 5. The molecule has 0 aromatic heterocycles. The van der Waals surface area contributed by atoms with E-state index in [4.69, 9.17) is 21.3 Å². The lowest BCUT2D eigenvalue weighted by molar-refractivity contribution is 0.414. The van der Waals surface area contributed by atoms with Gasteiger partial charge in [0.2, 0.25) is 0 Å². The van der Waals surface area contributed by atoms with Crippen LogP contribution in [0.3, 0.4) is 0 Å². The van der Waals surface area contributed by atoms with Crippen molar-refractivity contribution >= 4 is 34.2 Å². The number of rotatable bonds is 6. The summed E-state index contributed by atoms with van der Waals surface area (Å²) in [7, 11) is 1.63. The van der Waals surface area contributed by atoms with Gasteiger partial charge in [0.05, 0.1) is 12.7 Å². The first-order chi connectivity index (χ1) is 8.15. The highest BCUT2D eigenvalue weighted by molar-refractivity contribution is 8.13. The minimum Gasteiger partial charge on any atom is -0.497 e. The van der Waals surface area contributed by atoms with E-state index in [0.29, 0.717) is 5.75 Å². The average Bonchev–Trinajstić information content (AvgIpc) is 2.33. The second-order valence-electron chi connectivity index (χ2n) is 3.27. The number of nitrogens with two attached hydrogens (primary N) is 1. The van der Waals surface area contributed by atoms with E-state index in [2.05, 4.69) is 6.07 Å². The second-order valence-corrected chi connectivity index (χ2v) is 5.15. The lowest BCUT2D eigenvalue weighted by Crippen LogP contribution is -2.04. The number of ether oxygens (including phenoxy) is 1. The van der Waals surface area contributed by atoms with Gasteiger partial charge in [-0.15, -0.1) is 11.8 Å². The third kappa shape index (κ3) is 5.14. The minimum atomic E-state index is 0.114. The van der Waals surface area contributed by atoms with Crippen LogP contribution in [0.1, 0.15) is 11.1 Å². The Morgan fingerprint density at radius 2 is 2.00 bits per heavy atom. The summed E-state index contributed by atoms with van der Waals surface area (Å²) in [5.41, 5.74) is 8.82. The molecule has 92 valence electrons. The summed E-state index contributed by atoms with van der Waals surface area (Å²) in [6, 6.07) is 5.95. The van der Waals surface area contributed by atoms with E-state index in [9.17, 15) is 0 Å². The van der Waals surface area contributed by atoms with Crippen molar-refractivity contribution in [2.75, 3.05) is 7.11 Å². The summed E-state index contributed by atoms with van der Waals surface area (Å²) >= 11 is 2.72. The summed E-state index contributed by atoms with van der Waals surface area (Å²) in [6.07, 6.45) is 0. The molecule has 1 aromatic rings. The van der Waals surface area contributed by atoms with E-state index in [-0.39, 0.29) is 5.17 Å². The zero-order chi connectivity index (χ0) is 12.7. The number of methoxy groups -OCH3 is 1. The number of thioether (sulfide) groups is 2. The molecule has 0 unspecified atom stereocenters. The largest absolute Gasteiger partial charge is 0.497 e. The molecule has 0 aliphatic rings. The Labute approximate surface area is 109 Å². The van der Waals surface area contributed by atoms with Crippen molar-refractivity contribution in [3.63, 3.8) is 0 Å². The molecule has 17 heavy (non-hydrogen) atoms. The zero-order valence-electron chi connectivity index (χ0n) is 9.53. The van der Waals surface area contributed by atoms with Crippen LogP contribution >= 0.6 is 23.5 Å². The van der Waals surface area contributed by atoms with Crippen LogP contribution in [0.5, 0.6) is 5.75 Å². The Morgan fingerprint density at radius 1 is 1.35 bits per heavy atom. The van der Waals surface area contributed by atoms with Crippen LogP contribution in [0.25, 0.3) is 0 Å². The molecule has 0 aliphatic heterocycles. The third-order valence-electron chi connectivity index (χ3n) is 1.99. The molecule has 0 amide bonds. The highest BCUT2D eigenvalue weighted by Crippen LogP contribution is 2.23. The smallest absolute Gasteiger partial charge is 0.151 e. The highest BCUT2D eigenvalue weighted by atomic mass is 32.2. The Kier molecular flexibility index (Phi) is 5.93. The molecule has 0 spiro atoms. The topological polar surface area (TPSA) is 83.0 Å². The predicted octanol–water partition coefficient (Wildman–Crippen LogP) is 2.66. The van der Waals surface area contributed by atoms with E-state index in [0.717, 1.165) is 22.6 Å². The van der Waals surface area contributed by atoms with Crippen molar-refractivity contribution in [1.82, 2.24) is 0 Å². The normalized spacial score (nSPS) is 9.94. The number of benzene rings is 1. The van der Waals surface area contributed by atoms with E-state index >= 15 is 0 Å². The van der Waals surface area contributed by atoms with Crippen LogP contribution in [0, 0.1) is 10.8 Å². The van der Waals surface area contributed by atoms with E-state index in [1.54, 1.807) is 7.11 Å². The average molecular weight is 269 g/mol. The van der Waals surface area contributed by atoms with Crippen molar-refractivity contribution < 1.29 is 4.74 Å². The summed E-state index contributed by atoms with van der Waals surface area (Å²) in [5.74, 6) is 2.21. The quantitative estimate of drug-likeness (QED) is 0.547. The summed E-state index contributed by atoms with van der Waals surface area (Å²) in [5, 5.41) is 14.3. The molecule has 0 saturated heterocycles. The number of amidine groups is 1. The first kappa shape index (κ1) is 13.9. The molecule has 0 aliphatic carbocycles. The molecular formula is C11H15N3OS2. The maximum absolute atomic E-state index is 7.18. The maximum Gasteiger partial charge on any atom is 0.151 e. The van der Waals surface area contributed by atoms with Gasteiger partial charge in [0.25, 0.3) is 0 Å². The summed E-state index contributed by atoms with van der Waals surface area (Å²) < 4.78 is 5.22. The summed E-state index contributed by atoms with van der Waals surface area (Å²) in [4.78, 5) is 0. The first-order valence-electron chi connectivity index (χ1n) is 4.90. The molecular weight excluding hydrogens is 254 g/mol. The van der Waals surface area contributed by atoms with Crippen molar-refractivity contribution in [2.45, 2.75) is 11.5 Å². The van der Waals surface area contributed by atoms with Gasteiger partial charge in [0.1, 0.15) is 5.75 Å². The van der Waals surface area contributed by atoms with Gasteiger partial charge in [-0.3, -0.25) is 5.41 Å². The van der Waals surface area contributed by atoms with Crippen LogP contribution < -0.4 is 10.5 Å². The Bertz CT molecular complexity index is 410. The van der Waals surface area contributed by atoms with Gasteiger partial charge in [0.15, 0.2) is 5.17 Å². The van der Waals surface area contributed by atoms with Crippen LogP contribution in [-0.4, -0.2) is 17.8 Å². The molecule has 0 saturated carbocycles. The van der Waals surface area contributed by atoms with Crippen molar-refractivity contribution in [1.29, 1.82) is 10.8 Å². The predicted molar refractivity (Wildman–Crippen MR) is 76.3 cm³/mol. The van der Waals surface area contributed by atoms with Gasteiger partial charge in [0, 0.05) is 11.5 Å². The fourth-order valence-corrected chi connectivity index (χ4v) is 2.24. The van der Waals surface area contributed by atoms with Gasteiger partial charge >= 0.3 is 0 Å². The molecule has 1 rings (SSSR count). The van der Waals surface area contributed by atoms with Crippen molar-refractivity contribution in [2.24, 2.45) is 5.73 Å². The van der Waals surface area contributed by atoms with E-state index in [1.165, 1.54) is 29.1 Å². The standard InChI is InChI=1S/C11H15N3OS2/c1-15-10-3-8(5-16-7-12)2-9(4-10)6-17-11(13)14/h2-4,7,12H,5-6H2,1H3,(H3,13,14). The van der Waals surface area contributed by atoms with Crippen molar-refractivity contribution in [3.8, 4) is 5.75 Å². The first-order valence-corrected chi connectivity index (χ1v) is 6.93. The van der Waals surface area contributed by atoms with Crippen LogP contribution in [0.15, 0.2) is 18.2 Å². The lowest BCUT2D eigenvalue weighted by Gasteiger charge is -2.08. The molecule has 1 aromatic carbocycles. The van der Waals surface area contributed by atoms with Crippen LogP contribution in [-0.2, 0) is 11.5 Å². The Morgan fingerprint density at radius 3 is 2.53 bits per heavy atom. The minimum absolute atomic E-state index is 0.114. The Balaban J connectivity index is 2.80. The monoisotopic (exact) mass is 269 g/mol. The molecule has 0 radical (unpaired) electrons. The van der Waals surface area contributed by atoms with E-state index < -0.39 is 0 Å². The van der Waals surface area contributed by atoms with Gasteiger partial charge in [-0.2, -0.15) is 0 Å². The van der Waals surface area contributed by atoms with Crippen LogP contribution in [0.4, 0.5) is 0 Å². The molecule has 0 atom stereocenters. The molecule has 4 nitrogen and oxygen atoms in total. The van der Waals surface area contributed by atoms with Crippen molar-refractivity contribution in [3.05, 3.63) is 29.3 Å². The van der Waals surface area contributed by atoms with Gasteiger partial charge in [-0.25, -0.2) is 0 Å². The fraction of sp³-hybridized carbons (Fsp3) is 0.273. The zero-order valence-corrected chi connectivity index (χ0v) is 11.2. The van der Waals surface area contributed by atoms with Gasteiger partial charge < -0.3 is 15.9 Å². The molecule has 0 fully saturated rings.